The van der Waals surface area contributed by atoms with Crippen LogP contribution in [0, 0.1) is 0 Å². The largest absolute Gasteiger partial charge is 0.355 e. The Morgan fingerprint density at radius 1 is 1.32 bits per heavy atom. The van der Waals surface area contributed by atoms with Crippen molar-refractivity contribution in [2.24, 2.45) is 4.99 Å². The van der Waals surface area contributed by atoms with Gasteiger partial charge in [0, 0.05) is 50.7 Å². The molecule has 0 amide bonds. The minimum Gasteiger partial charge on any atom is -0.355 e. The molecule has 0 saturated carbocycles. The van der Waals surface area contributed by atoms with Crippen molar-refractivity contribution >= 4 is 17.3 Å². The van der Waals surface area contributed by atoms with Crippen LogP contribution in [0.4, 0.5) is 0 Å². The molecule has 6 heteroatoms. The number of guanidine groups is 1. The second kappa shape index (κ2) is 9.12. The van der Waals surface area contributed by atoms with Crippen LogP contribution in [-0.4, -0.2) is 68.1 Å². The van der Waals surface area contributed by atoms with Crippen LogP contribution >= 0.6 is 11.3 Å². The van der Waals surface area contributed by atoms with Gasteiger partial charge in [-0.3, -0.25) is 9.89 Å². The van der Waals surface area contributed by atoms with Crippen LogP contribution in [0.2, 0.25) is 0 Å². The lowest BCUT2D eigenvalue weighted by atomic mass is 10.2. The molecule has 0 bridgehead atoms. The first-order valence-electron chi connectivity index (χ1n) is 8.16. The van der Waals surface area contributed by atoms with Gasteiger partial charge in [0.05, 0.1) is 6.54 Å². The highest BCUT2D eigenvalue weighted by Crippen LogP contribution is 2.07. The third kappa shape index (κ3) is 5.26. The molecule has 0 aromatic carbocycles. The third-order valence-electron chi connectivity index (χ3n) is 4.28. The van der Waals surface area contributed by atoms with Gasteiger partial charge in [-0.05, 0) is 24.9 Å². The van der Waals surface area contributed by atoms with E-state index >= 15 is 0 Å². The molecule has 1 aromatic heterocycles. The maximum Gasteiger partial charge on any atom is 0.191 e. The molecule has 1 aromatic rings. The zero-order chi connectivity index (χ0) is 15.8. The Morgan fingerprint density at radius 3 is 2.68 bits per heavy atom. The van der Waals surface area contributed by atoms with E-state index in [9.17, 15) is 0 Å². The van der Waals surface area contributed by atoms with E-state index in [0.29, 0.717) is 6.04 Å². The number of nitrogens with one attached hydrogen (secondary N) is 2. The summed E-state index contributed by atoms with van der Waals surface area (Å²) < 4.78 is 0. The van der Waals surface area contributed by atoms with Crippen LogP contribution in [0.3, 0.4) is 0 Å². The van der Waals surface area contributed by atoms with Gasteiger partial charge in [-0.1, -0.05) is 13.0 Å². The zero-order valence-electron chi connectivity index (χ0n) is 14.0. The van der Waals surface area contributed by atoms with Gasteiger partial charge in [0.1, 0.15) is 0 Å². The highest BCUT2D eigenvalue weighted by atomic mass is 32.1. The Balaban J connectivity index is 1.69. The molecule has 2 heterocycles. The standard InChI is InChI=1S/C16H29N5S/c1-4-20-7-9-21(10-8-20)14(2)12-18-16(17-3)19-13-15-6-5-11-22-15/h5-6,11,14H,4,7-10,12-13H2,1-3H3,(H2,17,18,19). The first kappa shape index (κ1) is 17.2. The van der Waals surface area contributed by atoms with Gasteiger partial charge in [0.2, 0.25) is 0 Å². The van der Waals surface area contributed by atoms with Gasteiger partial charge in [0.25, 0.3) is 0 Å². The van der Waals surface area contributed by atoms with Gasteiger partial charge >= 0.3 is 0 Å². The average Bonchev–Trinajstić information content (AvgIpc) is 3.08. The molecular formula is C16H29N5S. The summed E-state index contributed by atoms with van der Waals surface area (Å²) in [4.78, 5) is 10.7. The number of hydrogen-bond acceptors (Lipinski definition) is 4. The Morgan fingerprint density at radius 2 is 2.09 bits per heavy atom. The molecule has 0 aliphatic carbocycles. The monoisotopic (exact) mass is 323 g/mol. The van der Waals surface area contributed by atoms with Crippen molar-refractivity contribution in [3.8, 4) is 0 Å². The molecule has 1 unspecified atom stereocenters. The van der Waals surface area contributed by atoms with E-state index in [1.807, 2.05) is 7.05 Å². The predicted octanol–water partition coefficient (Wildman–Crippen LogP) is 1.44. The normalized spacial score (nSPS) is 19.1. The zero-order valence-corrected chi connectivity index (χ0v) is 14.8. The first-order valence-corrected chi connectivity index (χ1v) is 9.04. The molecule has 1 saturated heterocycles. The lowest BCUT2D eigenvalue weighted by Gasteiger charge is -2.37. The van der Waals surface area contributed by atoms with E-state index in [1.54, 1.807) is 11.3 Å². The van der Waals surface area contributed by atoms with E-state index in [2.05, 4.69) is 56.8 Å². The third-order valence-corrected chi connectivity index (χ3v) is 5.15. The molecular weight excluding hydrogens is 294 g/mol. The second-order valence-electron chi connectivity index (χ2n) is 5.71. The van der Waals surface area contributed by atoms with Crippen LogP contribution in [0.25, 0.3) is 0 Å². The Hall–Kier alpha value is -1.11. The van der Waals surface area contributed by atoms with Crippen molar-refractivity contribution in [3.05, 3.63) is 22.4 Å². The van der Waals surface area contributed by atoms with E-state index in [0.717, 1.165) is 32.1 Å². The maximum atomic E-state index is 4.30. The van der Waals surface area contributed by atoms with Crippen molar-refractivity contribution in [2.75, 3.05) is 46.3 Å². The van der Waals surface area contributed by atoms with E-state index in [1.165, 1.54) is 24.5 Å². The number of thiophene rings is 1. The number of hydrogen-bond donors (Lipinski definition) is 2. The van der Waals surface area contributed by atoms with Crippen LogP contribution in [0.15, 0.2) is 22.5 Å². The fourth-order valence-corrected chi connectivity index (χ4v) is 3.34. The Labute approximate surface area is 138 Å². The molecule has 2 rings (SSSR count). The van der Waals surface area contributed by atoms with Gasteiger partial charge in [-0.25, -0.2) is 0 Å². The van der Waals surface area contributed by atoms with Crippen molar-refractivity contribution in [1.29, 1.82) is 0 Å². The Kier molecular flexibility index (Phi) is 7.15. The summed E-state index contributed by atoms with van der Waals surface area (Å²) in [6, 6.07) is 4.75. The fraction of sp³-hybridized carbons (Fsp3) is 0.688. The van der Waals surface area contributed by atoms with Gasteiger partial charge in [-0.2, -0.15) is 0 Å². The number of piperazine rings is 1. The molecule has 0 spiro atoms. The molecule has 2 N–H and O–H groups in total. The van der Waals surface area contributed by atoms with E-state index in [-0.39, 0.29) is 0 Å². The summed E-state index contributed by atoms with van der Waals surface area (Å²) in [6.45, 7) is 12.2. The summed E-state index contributed by atoms with van der Waals surface area (Å²) in [6.07, 6.45) is 0. The summed E-state index contributed by atoms with van der Waals surface area (Å²) in [5.41, 5.74) is 0. The van der Waals surface area contributed by atoms with Crippen LogP contribution in [0.1, 0.15) is 18.7 Å². The number of likely N-dealkylation sites (N-methyl/N-ethyl adjacent to an activating group) is 1. The molecule has 22 heavy (non-hydrogen) atoms. The first-order chi connectivity index (χ1) is 10.7. The molecule has 0 radical (unpaired) electrons. The van der Waals surface area contributed by atoms with E-state index < -0.39 is 0 Å². The van der Waals surface area contributed by atoms with Crippen LogP contribution < -0.4 is 10.6 Å². The summed E-state index contributed by atoms with van der Waals surface area (Å²) in [5.74, 6) is 0.882. The SMILES string of the molecule is CCN1CCN(C(C)CNC(=NC)NCc2cccs2)CC1. The molecule has 1 aliphatic rings. The van der Waals surface area contributed by atoms with Gasteiger partial charge in [0.15, 0.2) is 5.96 Å². The number of aliphatic imine (C=N–C) groups is 1. The summed E-state index contributed by atoms with van der Waals surface area (Å²) in [5, 5.41) is 8.91. The predicted molar refractivity (Wildman–Crippen MR) is 95.7 cm³/mol. The Bertz CT molecular complexity index is 437. The van der Waals surface area contributed by atoms with Crippen molar-refractivity contribution in [2.45, 2.75) is 26.4 Å². The van der Waals surface area contributed by atoms with Crippen molar-refractivity contribution in [1.82, 2.24) is 20.4 Å². The minimum absolute atomic E-state index is 0.527. The van der Waals surface area contributed by atoms with Crippen molar-refractivity contribution < 1.29 is 0 Å². The maximum absolute atomic E-state index is 4.30. The minimum atomic E-state index is 0.527. The lowest BCUT2D eigenvalue weighted by molar-refractivity contribution is 0.107. The molecule has 5 nitrogen and oxygen atoms in total. The highest BCUT2D eigenvalue weighted by molar-refractivity contribution is 7.09. The fourth-order valence-electron chi connectivity index (χ4n) is 2.70. The number of rotatable bonds is 6. The van der Waals surface area contributed by atoms with Crippen molar-refractivity contribution in [3.63, 3.8) is 0 Å². The molecule has 1 fully saturated rings. The quantitative estimate of drug-likeness (QED) is 0.614. The molecule has 1 aliphatic heterocycles. The van der Waals surface area contributed by atoms with Crippen LogP contribution in [-0.2, 0) is 6.54 Å². The highest BCUT2D eigenvalue weighted by Gasteiger charge is 2.20. The van der Waals surface area contributed by atoms with Gasteiger partial charge in [-0.15, -0.1) is 11.3 Å². The number of nitrogens with zero attached hydrogens (tertiary/aromatic N) is 3. The lowest BCUT2D eigenvalue weighted by Crippen LogP contribution is -2.53. The van der Waals surface area contributed by atoms with Crippen LogP contribution in [0.5, 0.6) is 0 Å². The molecule has 1 atom stereocenters. The smallest absolute Gasteiger partial charge is 0.191 e. The topological polar surface area (TPSA) is 42.9 Å². The van der Waals surface area contributed by atoms with E-state index in [4.69, 9.17) is 0 Å². The average molecular weight is 324 g/mol. The molecule has 124 valence electrons. The summed E-state index contributed by atoms with van der Waals surface area (Å²) >= 11 is 1.77. The van der Waals surface area contributed by atoms with Gasteiger partial charge < -0.3 is 15.5 Å². The second-order valence-corrected chi connectivity index (χ2v) is 6.74. The summed E-state index contributed by atoms with van der Waals surface area (Å²) in [7, 11) is 1.83.